The van der Waals surface area contributed by atoms with E-state index in [4.69, 9.17) is 5.11 Å². The monoisotopic (exact) mass is 184 g/mol. The number of carbonyl (C=O) groups is 1. The molecular weight excluding hydrogens is 168 g/mol. The summed E-state index contributed by atoms with van der Waals surface area (Å²) in [7, 11) is 0. The molecule has 0 heterocycles. The van der Waals surface area contributed by atoms with Gasteiger partial charge >= 0.3 is 5.97 Å². The van der Waals surface area contributed by atoms with E-state index >= 15 is 0 Å². The molecule has 1 aliphatic rings. The molecule has 0 radical (unpaired) electrons. The second-order valence-electron chi connectivity index (χ2n) is 3.94. The molecule has 1 rings (SSSR count). The summed E-state index contributed by atoms with van der Waals surface area (Å²) in [4.78, 5) is 10.9. The van der Waals surface area contributed by atoms with Gasteiger partial charge in [-0.1, -0.05) is 12.2 Å². The third-order valence-electron chi connectivity index (χ3n) is 2.73. The highest BCUT2D eigenvalue weighted by molar-refractivity contribution is 5.74. The Kier molecular flexibility index (Phi) is 3.09. The lowest BCUT2D eigenvalue weighted by Gasteiger charge is -2.26. The lowest BCUT2D eigenvalue weighted by molar-refractivity contribution is -0.149. The average Bonchev–Trinajstić information content (AvgIpc) is 2.06. The van der Waals surface area contributed by atoms with Crippen LogP contribution < -0.4 is 0 Å². The summed E-state index contributed by atoms with van der Waals surface area (Å²) in [5, 5.41) is 18.3. The second-order valence-corrected chi connectivity index (χ2v) is 3.94. The summed E-state index contributed by atoms with van der Waals surface area (Å²) in [6.07, 6.45) is 5.63. The Labute approximate surface area is 78.1 Å². The van der Waals surface area contributed by atoms with Crippen LogP contribution in [0.4, 0.5) is 0 Å². The largest absolute Gasteiger partial charge is 0.481 e. The number of carboxylic acids is 1. The van der Waals surface area contributed by atoms with Crippen LogP contribution in [-0.2, 0) is 4.79 Å². The van der Waals surface area contributed by atoms with Gasteiger partial charge in [-0.2, -0.15) is 0 Å². The first-order chi connectivity index (χ1) is 6.04. The maximum absolute atomic E-state index is 10.9. The maximum atomic E-state index is 10.9. The van der Waals surface area contributed by atoms with Gasteiger partial charge in [-0.25, -0.2) is 0 Å². The van der Waals surface area contributed by atoms with Crippen LogP contribution in [0.2, 0.25) is 0 Å². The van der Waals surface area contributed by atoms with E-state index in [-0.39, 0.29) is 0 Å². The summed E-state index contributed by atoms with van der Waals surface area (Å²) in [5.41, 5.74) is -0.661. The van der Waals surface area contributed by atoms with Crippen molar-refractivity contribution in [1.29, 1.82) is 0 Å². The van der Waals surface area contributed by atoms with Crippen LogP contribution in [-0.4, -0.2) is 22.3 Å². The highest BCUT2D eigenvalue weighted by Crippen LogP contribution is 2.31. The first-order valence-electron chi connectivity index (χ1n) is 4.63. The lowest BCUT2D eigenvalue weighted by Crippen LogP contribution is -2.29. The molecule has 2 atom stereocenters. The fourth-order valence-corrected chi connectivity index (χ4v) is 1.56. The highest BCUT2D eigenvalue weighted by Gasteiger charge is 2.32. The molecule has 3 heteroatoms. The molecule has 0 aromatic carbocycles. The Balaban J connectivity index is 2.68. The van der Waals surface area contributed by atoms with Gasteiger partial charge in [0.05, 0.1) is 11.5 Å². The summed E-state index contributed by atoms with van der Waals surface area (Å²) in [5.74, 6) is -0.755. The quantitative estimate of drug-likeness (QED) is 0.608. The van der Waals surface area contributed by atoms with Crippen LogP contribution in [0.15, 0.2) is 12.2 Å². The van der Waals surface area contributed by atoms with Crippen LogP contribution in [0, 0.1) is 5.41 Å². The second kappa shape index (κ2) is 3.92. The third kappa shape index (κ3) is 2.56. The lowest BCUT2D eigenvalue weighted by atomic mass is 9.79. The summed E-state index contributed by atoms with van der Waals surface area (Å²) < 4.78 is 0. The van der Waals surface area contributed by atoms with Crippen molar-refractivity contribution in [1.82, 2.24) is 0 Å². The standard InChI is InChI=1S/C10H16O3/c1-10(9(12)13)6-3-2-4-8(11)5-7-10/h2,4,8,11H,3,5-7H2,1H3,(H,12,13)/t8?,10-/m0/s1. The molecular formula is C10H16O3. The molecule has 13 heavy (non-hydrogen) atoms. The van der Waals surface area contributed by atoms with E-state index in [2.05, 4.69) is 0 Å². The van der Waals surface area contributed by atoms with Gasteiger partial charge in [0, 0.05) is 0 Å². The zero-order chi connectivity index (χ0) is 9.90. The van der Waals surface area contributed by atoms with Crippen molar-refractivity contribution >= 4 is 5.97 Å². The van der Waals surface area contributed by atoms with Crippen molar-refractivity contribution in [3.63, 3.8) is 0 Å². The van der Waals surface area contributed by atoms with E-state index in [1.54, 1.807) is 13.0 Å². The topological polar surface area (TPSA) is 57.5 Å². The van der Waals surface area contributed by atoms with E-state index in [0.717, 1.165) is 6.42 Å². The zero-order valence-corrected chi connectivity index (χ0v) is 7.86. The van der Waals surface area contributed by atoms with E-state index in [1.807, 2.05) is 6.08 Å². The Morgan fingerprint density at radius 1 is 1.54 bits per heavy atom. The molecule has 0 fully saturated rings. The van der Waals surface area contributed by atoms with Crippen LogP contribution >= 0.6 is 0 Å². The Morgan fingerprint density at radius 3 is 2.85 bits per heavy atom. The smallest absolute Gasteiger partial charge is 0.309 e. The Bertz CT molecular complexity index is 222. The fourth-order valence-electron chi connectivity index (χ4n) is 1.56. The van der Waals surface area contributed by atoms with Gasteiger partial charge in [0.15, 0.2) is 0 Å². The number of hydrogen-bond acceptors (Lipinski definition) is 2. The Morgan fingerprint density at radius 2 is 2.23 bits per heavy atom. The van der Waals surface area contributed by atoms with Gasteiger partial charge in [0.1, 0.15) is 0 Å². The van der Waals surface area contributed by atoms with E-state index in [1.165, 1.54) is 0 Å². The van der Waals surface area contributed by atoms with E-state index in [9.17, 15) is 9.90 Å². The molecule has 0 aliphatic heterocycles. The number of allylic oxidation sites excluding steroid dienone is 1. The van der Waals surface area contributed by atoms with Gasteiger partial charge in [0.25, 0.3) is 0 Å². The molecule has 0 saturated carbocycles. The minimum atomic E-state index is -0.755. The van der Waals surface area contributed by atoms with Crippen LogP contribution in [0.3, 0.4) is 0 Å². The molecule has 1 unspecified atom stereocenters. The predicted octanol–water partition coefficient (Wildman–Crippen LogP) is 1.57. The molecule has 74 valence electrons. The first-order valence-corrected chi connectivity index (χ1v) is 4.63. The van der Waals surface area contributed by atoms with Crippen molar-refractivity contribution in [3.8, 4) is 0 Å². The van der Waals surface area contributed by atoms with Crippen molar-refractivity contribution in [3.05, 3.63) is 12.2 Å². The number of aliphatic hydroxyl groups is 1. The van der Waals surface area contributed by atoms with Crippen molar-refractivity contribution in [2.75, 3.05) is 0 Å². The van der Waals surface area contributed by atoms with Gasteiger partial charge in [-0.05, 0) is 32.6 Å². The fraction of sp³-hybridized carbons (Fsp3) is 0.700. The third-order valence-corrected chi connectivity index (χ3v) is 2.73. The number of aliphatic hydroxyl groups excluding tert-OH is 1. The number of rotatable bonds is 1. The van der Waals surface area contributed by atoms with Crippen molar-refractivity contribution in [2.24, 2.45) is 5.41 Å². The molecule has 0 bridgehead atoms. The van der Waals surface area contributed by atoms with E-state index in [0.29, 0.717) is 19.3 Å². The minimum Gasteiger partial charge on any atom is -0.481 e. The molecule has 3 nitrogen and oxygen atoms in total. The first kappa shape index (κ1) is 10.3. The summed E-state index contributed by atoms with van der Waals surface area (Å²) in [6.45, 7) is 1.75. The molecule has 0 spiro atoms. The van der Waals surface area contributed by atoms with Crippen LogP contribution in [0.1, 0.15) is 32.6 Å². The molecule has 0 aromatic rings. The maximum Gasteiger partial charge on any atom is 0.309 e. The summed E-state index contributed by atoms with van der Waals surface area (Å²) in [6, 6.07) is 0. The number of aliphatic carboxylic acids is 1. The molecule has 1 aliphatic carbocycles. The van der Waals surface area contributed by atoms with Gasteiger partial charge in [-0.15, -0.1) is 0 Å². The SMILES string of the molecule is C[C@]1(C(=O)O)CCC=CC(O)CC1. The predicted molar refractivity (Wildman–Crippen MR) is 49.4 cm³/mol. The van der Waals surface area contributed by atoms with Crippen LogP contribution in [0.25, 0.3) is 0 Å². The molecule has 0 saturated heterocycles. The van der Waals surface area contributed by atoms with E-state index < -0.39 is 17.5 Å². The van der Waals surface area contributed by atoms with Gasteiger partial charge in [0.2, 0.25) is 0 Å². The van der Waals surface area contributed by atoms with Crippen LogP contribution in [0.5, 0.6) is 0 Å². The Hall–Kier alpha value is -0.830. The number of carboxylic acid groups (broad SMARTS) is 1. The normalized spacial score (nSPS) is 35.1. The van der Waals surface area contributed by atoms with Gasteiger partial charge < -0.3 is 10.2 Å². The molecule has 0 amide bonds. The molecule has 0 aromatic heterocycles. The van der Waals surface area contributed by atoms with Crippen molar-refractivity contribution < 1.29 is 15.0 Å². The van der Waals surface area contributed by atoms with Gasteiger partial charge in [-0.3, -0.25) is 4.79 Å². The minimum absolute atomic E-state index is 0.473. The number of hydrogen-bond donors (Lipinski definition) is 2. The molecule has 2 N–H and O–H groups in total. The highest BCUT2D eigenvalue weighted by atomic mass is 16.4. The zero-order valence-electron chi connectivity index (χ0n) is 7.86. The van der Waals surface area contributed by atoms with Crippen molar-refractivity contribution in [2.45, 2.75) is 38.7 Å². The average molecular weight is 184 g/mol. The summed E-state index contributed by atoms with van der Waals surface area (Å²) >= 11 is 0.